The minimum absolute atomic E-state index is 0.0386. The largest absolute Gasteiger partial charge is 0.450 e. The fourth-order valence-electron chi connectivity index (χ4n) is 3.00. The molecule has 6 nitrogen and oxygen atoms in total. The highest BCUT2D eigenvalue weighted by atomic mass is 19.1. The Hall–Kier alpha value is -2.15. The quantitative estimate of drug-likeness (QED) is 0.840. The first kappa shape index (κ1) is 20.2. The minimum Gasteiger partial charge on any atom is -0.450 e. The molecular formula is C19H28FN3O3. The van der Waals surface area contributed by atoms with E-state index in [2.05, 4.69) is 10.2 Å². The fourth-order valence-corrected chi connectivity index (χ4v) is 3.00. The number of piperazine rings is 1. The number of benzene rings is 1. The van der Waals surface area contributed by atoms with Gasteiger partial charge in [0.25, 0.3) is 0 Å². The number of carbonyl (C=O) groups is 2. The third-order valence-electron chi connectivity index (χ3n) is 4.52. The molecule has 1 fully saturated rings. The third-order valence-corrected chi connectivity index (χ3v) is 4.52. The molecule has 1 aliphatic rings. The number of nitrogens with zero attached hydrogens (tertiary/aromatic N) is 2. The summed E-state index contributed by atoms with van der Waals surface area (Å²) < 4.78 is 18.7. The molecule has 1 saturated heterocycles. The molecule has 0 radical (unpaired) electrons. The predicted molar refractivity (Wildman–Crippen MR) is 97.0 cm³/mol. The molecule has 26 heavy (non-hydrogen) atoms. The van der Waals surface area contributed by atoms with E-state index in [0.29, 0.717) is 38.3 Å². The van der Waals surface area contributed by atoms with E-state index in [1.807, 2.05) is 19.9 Å². The lowest BCUT2D eigenvalue weighted by Crippen LogP contribution is -2.56. The molecule has 1 aromatic carbocycles. The van der Waals surface area contributed by atoms with Crippen LogP contribution in [0.15, 0.2) is 24.3 Å². The Bertz CT molecular complexity index is 616. The summed E-state index contributed by atoms with van der Waals surface area (Å²) in [6.07, 6.45) is -0.572. The lowest BCUT2D eigenvalue weighted by molar-refractivity contribution is -0.136. The van der Waals surface area contributed by atoms with Crippen LogP contribution in [0.3, 0.4) is 0 Å². The molecule has 0 spiro atoms. The Morgan fingerprint density at radius 2 is 1.85 bits per heavy atom. The first-order valence-corrected chi connectivity index (χ1v) is 9.10. The maximum absolute atomic E-state index is 13.8. The van der Waals surface area contributed by atoms with Crippen molar-refractivity contribution in [2.45, 2.75) is 33.4 Å². The van der Waals surface area contributed by atoms with Crippen LogP contribution < -0.4 is 5.32 Å². The highest BCUT2D eigenvalue weighted by Crippen LogP contribution is 2.14. The SMILES string of the molecule is CCOC(=O)NC(C(=O)N1CCN(Cc2ccccc2F)CC1)C(C)C. The molecule has 0 aliphatic carbocycles. The van der Waals surface area contributed by atoms with Crippen molar-refractivity contribution < 1.29 is 18.7 Å². The number of carbonyl (C=O) groups excluding carboxylic acids is 2. The minimum atomic E-state index is -0.604. The third kappa shape index (κ3) is 5.42. The molecule has 1 atom stereocenters. The van der Waals surface area contributed by atoms with Gasteiger partial charge >= 0.3 is 6.09 Å². The maximum Gasteiger partial charge on any atom is 0.407 e. The van der Waals surface area contributed by atoms with Gasteiger partial charge in [0.05, 0.1) is 6.61 Å². The van der Waals surface area contributed by atoms with Gasteiger partial charge in [-0.15, -0.1) is 0 Å². The summed E-state index contributed by atoms with van der Waals surface area (Å²) in [6, 6.07) is 6.14. The Labute approximate surface area is 154 Å². The van der Waals surface area contributed by atoms with Gasteiger partial charge in [-0.05, 0) is 18.9 Å². The van der Waals surface area contributed by atoms with Crippen LogP contribution in [0.4, 0.5) is 9.18 Å². The van der Waals surface area contributed by atoms with Crippen molar-refractivity contribution in [3.63, 3.8) is 0 Å². The van der Waals surface area contributed by atoms with Gasteiger partial charge in [0.15, 0.2) is 0 Å². The molecule has 0 bridgehead atoms. The smallest absolute Gasteiger partial charge is 0.407 e. The summed E-state index contributed by atoms with van der Waals surface area (Å²) in [6.45, 7) is 8.76. The number of hydrogen-bond acceptors (Lipinski definition) is 4. The normalized spacial score (nSPS) is 16.4. The van der Waals surface area contributed by atoms with Crippen molar-refractivity contribution in [2.75, 3.05) is 32.8 Å². The molecule has 1 heterocycles. The lowest BCUT2D eigenvalue weighted by atomic mass is 10.0. The number of halogens is 1. The topological polar surface area (TPSA) is 61.9 Å². The number of ether oxygens (including phenoxy) is 1. The number of amides is 2. The molecule has 144 valence electrons. The van der Waals surface area contributed by atoms with Crippen LogP contribution in [0.25, 0.3) is 0 Å². The summed E-state index contributed by atoms with van der Waals surface area (Å²) in [7, 11) is 0. The van der Waals surface area contributed by atoms with Crippen LogP contribution in [-0.2, 0) is 16.1 Å². The van der Waals surface area contributed by atoms with Gasteiger partial charge < -0.3 is 15.0 Å². The molecule has 1 aromatic rings. The number of nitrogens with one attached hydrogen (secondary N) is 1. The number of rotatable bonds is 6. The second kappa shape index (κ2) is 9.52. The van der Waals surface area contributed by atoms with Gasteiger partial charge in [-0.3, -0.25) is 9.69 Å². The van der Waals surface area contributed by atoms with E-state index < -0.39 is 12.1 Å². The zero-order chi connectivity index (χ0) is 19.1. The average molecular weight is 365 g/mol. The summed E-state index contributed by atoms with van der Waals surface area (Å²) in [4.78, 5) is 28.3. The molecule has 1 N–H and O–H groups in total. The molecule has 2 amide bonds. The first-order chi connectivity index (χ1) is 12.4. The summed E-state index contributed by atoms with van der Waals surface area (Å²) in [5.74, 6) is -0.341. The monoisotopic (exact) mass is 365 g/mol. The van der Waals surface area contributed by atoms with Crippen LogP contribution in [0.5, 0.6) is 0 Å². The number of hydrogen-bond donors (Lipinski definition) is 1. The zero-order valence-electron chi connectivity index (χ0n) is 15.7. The summed E-state index contributed by atoms with van der Waals surface area (Å²) >= 11 is 0. The van der Waals surface area contributed by atoms with Gasteiger partial charge in [0.2, 0.25) is 5.91 Å². The average Bonchev–Trinajstić information content (AvgIpc) is 2.62. The van der Waals surface area contributed by atoms with Crippen molar-refractivity contribution in [1.29, 1.82) is 0 Å². The van der Waals surface area contributed by atoms with E-state index in [1.165, 1.54) is 6.07 Å². The highest BCUT2D eigenvalue weighted by molar-refractivity contribution is 5.86. The predicted octanol–water partition coefficient (Wildman–Crippen LogP) is 2.24. The lowest BCUT2D eigenvalue weighted by Gasteiger charge is -2.37. The van der Waals surface area contributed by atoms with Crippen molar-refractivity contribution in [3.05, 3.63) is 35.6 Å². The molecule has 0 saturated carbocycles. The Morgan fingerprint density at radius 1 is 1.19 bits per heavy atom. The van der Waals surface area contributed by atoms with Crippen molar-refractivity contribution in [3.8, 4) is 0 Å². The van der Waals surface area contributed by atoms with Crippen molar-refractivity contribution >= 4 is 12.0 Å². The standard InChI is InChI=1S/C19H28FN3O3/c1-4-26-19(25)21-17(14(2)3)18(24)23-11-9-22(10-12-23)13-15-7-5-6-8-16(15)20/h5-8,14,17H,4,9-13H2,1-3H3,(H,21,25). The Morgan fingerprint density at radius 3 is 2.42 bits per heavy atom. The molecular weight excluding hydrogens is 337 g/mol. The molecule has 1 aliphatic heterocycles. The van der Waals surface area contributed by atoms with E-state index in [0.717, 1.165) is 0 Å². The molecule has 7 heteroatoms. The van der Waals surface area contributed by atoms with E-state index in [1.54, 1.807) is 24.0 Å². The van der Waals surface area contributed by atoms with Crippen LogP contribution >= 0.6 is 0 Å². The second-order valence-electron chi connectivity index (χ2n) is 6.78. The van der Waals surface area contributed by atoms with Crippen molar-refractivity contribution in [2.24, 2.45) is 5.92 Å². The van der Waals surface area contributed by atoms with Gasteiger partial charge in [-0.1, -0.05) is 32.0 Å². The van der Waals surface area contributed by atoms with E-state index in [4.69, 9.17) is 4.74 Å². The van der Waals surface area contributed by atoms with Crippen molar-refractivity contribution in [1.82, 2.24) is 15.1 Å². The Balaban J connectivity index is 1.89. The van der Waals surface area contributed by atoms with E-state index >= 15 is 0 Å². The highest BCUT2D eigenvalue weighted by Gasteiger charge is 2.31. The van der Waals surface area contributed by atoms with Gasteiger partial charge in [0, 0.05) is 38.3 Å². The van der Waals surface area contributed by atoms with Crippen LogP contribution in [0.2, 0.25) is 0 Å². The Kier molecular flexibility index (Phi) is 7.38. The molecule has 2 rings (SSSR count). The second-order valence-corrected chi connectivity index (χ2v) is 6.78. The zero-order valence-corrected chi connectivity index (χ0v) is 15.7. The van der Waals surface area contributed by atoms with Gasteiger partial charge in [0.1, 0.15) is 11.9 Å². The van der Waals surface area contributed by atoms with E-state index in [9.17, 15) is 14.0 Å². The summed E-state index contributed by atoms with van der Waals surface area (Å²) in [5, 5.41) is 2.66. The summed E-state index contributed by atoms with van der Waals surface area (Å²) in [5.41, 5.74) is 0.663. The fraction of sp³-hybridized carbons (Fsp3) is 0.579. The number of alkyl carbamates (subject to hydrolysis) is 1. The first-order valence-electron chi connectivity index (χ1n) is 9.10. The van der Waals surface area contributed by atoms with Crippen LogP contribution in [0, 0.1) is 11.7 Å². The van der Waals surface area contributed by atoms with Gasteiger partial charge in [-0.25, -0.2) is 9.18 Å². The van der Waals surface area contributed by atoms with Crippen LogP contribution in [0.1, 0.15) is 26.3 Å². The van der Waals surface area contributed by atoms with E-state index in [-0.39, 0.29) is 24.2 Å². The van der Waals surface area contributed by atoms with Crippen LogP contribution in [-0.4, -0.2) is 60.6 Å². The molecule has 1 unspecified atom stereocenters. The molecule has 0 aromatic heterocycles. The van der Waals surface area contributed by atoms with Gasteiger partial charge in [-0.2, -0.15) is 0 Å². The maximum atomic E-state index is 13.8.